The first kappa shape index (κ1) is 6.53. The first-order valence-corrected chi connectivity index (χ1v) is 3.46. The number of halogens is 1. The van der Waals surface area contributed by atoms with Gasteiger partial charge in [-0.15, -0.1) is 0 Å². The van der Waals surface area contributed by atoms with Crippen LogP contribution in [-0.4, -0.2) is 20.2 Å². The van der Waals surface area contributed by atoms with E-state index < -0.39 is 11.5 Å². The van der Waals surface area contributed by atoms with E-state index >= 15 is 0 Å². The summed E-state index contributed by atoms with van der Waals surface area (Å²) in [6.07, 6.45) is 0. The van der Waals surface area contributed by atoms with Crippen molar-refractivity contribution in [2.45, 2.75) is 0 Å². The number of tetrazole rings is 1. The van der Waals surface area contributed by atoms with Gasteiger partial charge in [-0.05, 0) is 28.6 Å². The third kappa shape index (κ3) is 1.33. The van der Waals surface area contributed by atoms with Crippen molar-refractivity contribution in [1.29, 1.82) is 0 Å². The lowest BCUT2D eigenvalue weighted by Crippen LogP contribution is -2.15. The zero-order chi connectivity index (χ0) is 10.1. The SMILES string of the molecule is [3H]c1c(F)cccc1-n1nn[nH]c1=O. The van der Waals surface area contributed by atoms with Crippen LogP contribution in [0.2, 0.25) is 0 Å². The van der Waals surface area contributed by atoms with Crippen LogP contribution in [0.5, 0.6) is 0 Å². The van der Waals surface area contributed by atoms with Crippen LogP contribution in [-0.2, 0) is 0 Å². The number of benzene rings is 1. The van der Waals surface area contributed by atoms with Crippen molar-refractivity contribution in [1.82, 2.24) is 20.2 Å². The summed E-state index contributed by atoms with van der Waals surface area (Å²) in [5.41, 5.74) is -0.548. The normalized spacial score (nSPS) is 11.3. The van der Waals surface area contributed by atoms with Gasteiger partial charge in [-0.1, -0.05) is 6.07 Å². The molecule has 0 aliphatic carbocycles. The summed E-state index contributed by atoms with van der Waals surface area (Å²) in [5, 5.41) is 8.69. The first-order chi connectivity index (χ1) is 6.70. The van der Waals surface area contributed by atoms with E-state index in [1.807, 2.05) is 0 Å². The van der Waals surface area contributed by atoms with E-state index in [4.69, 9.17) is 1.37 Å². The van der Waals surface area contributed by atoms with Gasteiger partial charge in [0.05, 0.1) is 7.06 Å². The Balaban J connectivity index is 2.69. The number of hydrogen-bond donors (Lipinski definition) is 1. The third-order valence-electron chi connectivity index (χ3n) is 1.44. The molecule has 66 valence electrons. The molecule has 0 saturated carbocycles. The average Bonchev–Trinajstić information content (AvgIpc) is 2.57. The Hall–Kier alpha value is -1.98. The molecule has 2 aromatic rings. The zero-order valence-electron chi connectivity index (χ0n) is 7.36. The Labute approximate surface area is 73.2 Å². The highest BCUT2D eigenvalue weighted by atomic mass is 19.1. The molecule has 0 bridgehead atoms. The topological polar surface area (TPSA) is 63.6 Å². The molecule has 1 N–H and O–H groups in total. The van der Waals surface area contributed by atoms with E-state index in [0.29, 0.717) is 0 Å². The third-order valence-corrected chi connectivity index (χ3v) is 1.44. The number of hydrogen-bond acceptors (Lipinski definition) is 3. The van der Waals surface area contributed by atoms with Crippen molar-refractivity contribution in [3.63, 3.8) is 0 Å². The summed E-state index contributed by atoms with van der Waals surface area (Å²) < 4.78 is 21.1. The van der Waals surface area contributed by atoms with Crippen LogP contribution in [0.15, 0.2) is 29.0 Å². The standard InChI is InChI=1S/C7H5FN4O/c8-5-2-1-3-6(4-5)12-7(13)9-10-11-12/h1-4H,(H,9,11,13)/i4T. The largest absolute Gasteiger partial charge is 0.365 e. The molecule has 0 saturated heterocycles. The van der Waals surface area contributed by atoms with Crippen LogP contribution < -0.4 is 5.69 Å². The van der Waals surface area contributed by atoms with E-state index in [1.165, 1.54) is 12.1 Å². The Morgan fingerprint density at radius 3 is 3.15 bits per heavy atom. The molecule has 0 spiro atoms. The molecule has 1 aromatic carbocycles. The summed E-state index contributed by atoms with van der Waals surface area (Å²) in [7, 11) is 0. The van der Waals surface area contributed by atoms with Gasteiger partial charge in [0.15, 0.2) is 0 Å². The van der Waals surface area contributed by atoms with Gasteiger partial charge in [-0.2, -0.15) is 4.68 Å². The molecule has 0 unspecified atom stereocenters. The number of rotatable bonds is 1. The van der Waals surface area contributed by atoms with Crippen LogP contribution >= 0.6 is 0 Å². The van der Waals surface area contributed by atoms with E-state index in [9.17, 15) is 9.18 Å². The van der Waals surface area contributed by atoms with E-state index in [2.05, 4.69) is 15.5 Å². The van der Waals surface area contributed by atoms with Gasteiger partial charge < -0.3 is 0 Å². The Morgan fingerprint density at radius 2 is 2.46 bits per heavy atom. The smallest absolute Gasteiger partial charge is 0.244 e. The Bertz CT molecular complexity index is 520. The summed E-state index contributed by atoms with van der Waals surface area (Å²) in [5.74, 6) is -0.711. The van der Waals surface area contributed by atoms with Crippen LogP contribution in [0.3, 0.4) is 0 Å². The molecule has 1 heterocycles. The molecule has 13 heavy (non-hydrogen) atoms. The number of nitrogens with one attached hydrogen (secondary N) is 1. The lowest BCUT2D eigenvalue weighted by atomic mass is 10.3. The highest BCUT2D eigenvalue weighted by Gasteiger charge is 2.02. The van der Waals surface area contributed by atoms with Crippen LogP contribution in [0, 0.1) is 5.82 Å². The highest BCUT2D eigenvalue weighted by Crippen LogP contribution is 2.04. The number of nitrogens with zero attached hydrogens (tertiary/aromatic N) is 3. The van der Waals surface area contributed by atoms with Gasteiger partial charge in [0.2, 0.25) is 0 Å². The van der Waals surface area contributed by atoms with Gasteiger partial charge in [0, 0.05) is 0 Å². The van der Waals surface area contributed by atoms with Crippen molar-refractivity contribution < 1.29 is 5.76 Å². The molecule has 0 aliphatic rings. The fraction of sp³-hybridized carbons (Fsp3) is 0. The lowest BCUT2D eigenvalue weighted by Gasteiger charge is -1.96. The summed E-state index contributed by atoms with van der Waals surface area (Å²) >= 11 is 0. The average molecular weight is 182 g/mol. The molecule has 0 radical (unpaired) electrons. The molecule has 0 fully saturated rings. The van der Waals surface area contributed by atoms with Crippen molar-refractivity contribution in [2.75, 3.05) is 0 Å². The second kappa shape index (κ2) is 2.81. The van der Waals surface area contributed by atoms with Gasteiger partial charge >= 0.3 is 5.69 Å². The predicted molar refractivity (Wildman–Crippen MR) is 41.9 cm³/mol. The van der Waals surface area contributed by atoms with Crippen molar-refractivity contribution in [3.8, 4) is 5.69 Å². The van der Waals surface area contributed by atoms with E-state index in [1.54, 1.807) is 0 Å². The molecular formula is C7H5FN4O. The van der Waals surface area contributed by atoms with Crippen molar-refractivity contribution in [3.05, 3.63) is 40.5 Å². The van der Waals surface area contributed by atoms with Crippen LogP contribution in [0.4, 0.5) is 4.39 Å². The monoisotopic (exact) mass is 182 g/mol. The molecular weight excluding hydrogens is 175 g/mol. The fourth-order valence-electron chi connectivity index (χ4n) is 0.908. The fourth-order valence-corrected chi connectivity index (χ4v) is 0.908. The first-order valence-electron chi connectivity index (χ1n) is 3.96. The highest BCUT2D eigenvalue weighted by molar-refractivity contribution is 5.29. The minimum absolute atomic E-state index is 0.0590. The summed E-state index contributed by atoms with van der Waals surface area (Å²) in [6, 6.07) is 3.55. The number of H-pyrrole nitrogens is 1. The number of aromatic amines is 1. The van der Waals surface area contributed by atoms with Gasteiger partial charge in [0.1, 0.15) is 5.82 Å². The second-order valence-electron chi connectivity index (χ2n) is 2.30. The minimum Gasteiger partial charge on any atom is -0.244 e. The van der Waals surface area contributed by atoms with Gasteiger partial charge in [-0.25, -0.2) is 14.3 Å². The molecule has 6 heteroatoms. The van der Waals surface area contributed by atoms with Crippen molar-refractivity contribution in [2.24, 2.45) is 0 Å². The van der Waals surface area contributed by atoms with Crippen LogP contribution in [0.25, 0.3) is 5.69 Å². The maximum atomic E-state index is 12.9. The molecule has 2 rings (SSSR count). The summed E-state index contributed by atoms with van der Waals surface area (Å²) in [4.78, 5) is 11.1. The van der Waals surface area contributed by atoms with E-state index in [0.717, 1.165) is 10.7 Å². The summed E-state index contributed by atoms with van der Waals surface area (Å²) in [6.45, 7) is 0. The molecule has 0 atom stereocenters. The zero-order valence-corrected chi connectivity index (χ0v) is 6.36. The van der Waals surface area contributed by atoms with Crippen LogP contribution in [0.1, 0.15) is 1.37 Å². The van der Waals surface area contributed by atoms with Crippen molar-refractivity contribution >= 4 is 0 Å². The molecule has 0 aliphatic heterocycles. The van der Waals surface area contributed by atoms with E-state index in [-0.39, 0.29) is 11.7 Å². The Morgan fingerprint density at radius 1 is 1.62 bits per heavy atom. The molecule has 0 amide bonds. The Kier molecular flexibility index (Phi) is 1.41. The minimum atomic E-state index is -0.711. The quantitative estimate of drug-likeness (QED) is 0.680. The lowest BCUT2D eigenvalue weighted by molar-refractivity contribution is 0.624. The second-order valence-corrected chi connectivity index (χ2v) is 2.30. The maximum Gasteiger partial charge on any atom is 0.365 e. The van der Waals surface area contributed by atoms with Gasteiger partial charge in [0.25, 0.3) is 0 Å². The predicted octanol–water partition coefficient (Wildman–Crippen LogP) is 0.0947. The van der Waals surface area contributed by atoms with Gasteiger partial charge in [-0.3, -0.25) is 0 Å². The maximum absolute atomic E-state index is 12.9. The molecule has 5 nitrogen and oxygen atoms in total. The molecule has 1 aromatic heterocycles. The number of aromatic nitrogens is 4.